The first-order valence-electron chi connectivity index (χ1n) is 17.3. The van der Waals surface area contributed by atoms with Crippen LogP contribution in [0, 0.1) is 50.7 Å². The van der Waals surface area contributed by atoms with Gasteiger partial charge in [0.1, 0.15) is 11.9 Å². The van der Waals surface area contributed by atoms with E-state index in [1.165, 1.54) is 11.6 Å². The molecule has 2 unspecified atom stereocenters. The zero-order valence-electron chi connectivity index (χ0n) is 28.4. The molecule has 0 radical (unpaired) electrons. The number of hydrogen-bond donors (Lipinski definition) is 3. The number of benzene rings is 1. The molecule has 1 aromatic carbocycles. The number of hydrogen-bond acceptors (Lipinski definition) is 5. The number of carbonyl (C=O) groups is 2. The Morgan fingerprint density at radius 1 is 0.889 bits per heavy atom. The second-order valence-electron chi connectivity index (χ2n) is 17.1. The quantitative estimate of drug-likeness (QED) is 0.179. The van der Waals surface area contributed by atoms with Crippen molar-refractivity contribution in [1.29, 1.82) is 0 Å². The van der Waals surface area contributed by atoms with Gasteiger partial charge < -0.3 is 20.1 Å². The summed E-state index contributed by atoms with van der Waals surface area (Å²) in [6.07, 6.45) is 13.0. The highest BCUT2D eigenvalue weighted by Crippen LogP contribution is 2.76. The van der Waals surface area contributed by atoms with E-state index in [0.717, 1.165) is 44.1 Å². The Labute approximate surface area is 269 Å². The number of ether oxygens (including phenoxy) is 1. The number of rotatable bonds is 4. The topological polar surface area (TPSA) is 104 Å². The maximum atomic E-state index is 13.0. The molecule has 0 saturated heterocycles. The Bertz CT molecular complexity index is 1420. The largest absolute Gasteiger partial charge is 0.508 e. The van der Waals surface area contributed by atoms with Crippen LogP contribution in [0.1, 0.15) is 112 Å². The summed E-state index contributed by atoms with van der Waals surface area (Å²) in [6.45, 7) is 16.0. The first kappa shape index (κ1) is 32.3. The number of carboxylic acids is 1. The van der Waals surface area contributed by atoms with Crippen LogP contribution in [-0.4, -0.2) is 39.0 Å². The Balaban J connectivity index is 1.28. The van der Waals surface area contributed by atoms with E-state index in [0.29, 0.717) is 31.1 Å². The van der Waals surface area contributed by atoms with E-state index >= 15 is 0 Å². The van der Waals surface area contributed by atoms with Crippen LogP contribution >= 0.6 is 0 Å². The Hall–Kier alpha value is -2.60. The first-order chi connectivity index (χ1) is 20.9. The van der Waals surface area contributed by atoms with Crippen molar-refractivity contribution in [3.63, 3.8) is 0 Å². The van der Waals surface area contributed by atoms with Gasteiger partial charge in [-0.2, -0.15) is 0 Å². The predicted octanol–water partition coefficient (Wildman–Crippen LogP) is 8.17. The normalized spacial score (nSPS) is 45.3. The van der Waals surface area contributed by atoms with Gasteiger partial charge in [-0.3, -0.25) is 4.79 Å². The van der Waals surface area contributed by atoms with Gasteiger partial charge in [0, 0.05) is 17.4 Å². The van der Waals surface area contributed by atoms with Crippen molar-refractivity contribution < 1.29 is 29.6 Å². The van der Waals surface area contributed by atoms with Crippen molar-refractivity contribution in [2.75, 3.05) is 0 Å². The lowest BCUT2D eigenvalue weighted by Crippen LogP contribution is -2.66. The first-order valence-corrected chi connectivity index (χ1v) is 17.3. The summed E-state index contributed by atoms with van der Waals surface area (Å²) in [4.78, 5) is 26.0. The minimum absolute atomic E-state index is 0.0163. The maximum Gasteiger partial charge on any atom is 0.331 e. The number of phenols is 1. The maximum absolute atomic E-state index is 13.0. The van der Waals surface area contributed by atoms with Crippen LogP contribution in [0.25, 0.3) is 6.08 Å². The second-order valence-corrected chi connectivity index (χ2v) is 17.1. The molecule has 4 saturated carbocycles. The molecule has 0 heterocycles. The zero-order valence-corrected chi connectivity index (χ0v) is 28.4. The highest BCUT2D eigenvalue weighted by molar-refractivity contribution is 5.87. The molecule has 4 fully saturated rings. The molecule has 6 nitrogen and oxygen atoms in total. The van der Waals surface area contributed by atoms with E-state index in [1.807, 2.05) is 6.92 Å². The number of aromatic hydroxyl groups is 1. The third-order valence-electron chi connectivity index (χ3n) is 15.0. The van der Waals surface area contributed by atoms with Gasteiger partial charge in [0.25, 0.3) is 0 Å². The van der Waals surface area contributed by atoms with Gasteiger partial charge in [-0.25, -0.2) is 4.79 Å². The van der Waals surface area contributed by atoms with Gasteiger partial charge in [-0.15, -0.1) is 0 Å². The van der Waals surface area contributed by atoms with Crippen LogP contribution in [0.2, 0.25) is 0 Å². The molecule has 1 aromatic rings. The lowest BCUT2D eigenvalue weighted by atomic mass is 9.33. The van der Waals surface area contributed by atoms with Crippen LogP contribution < -0.4 is 0 Å². The fourth-order valence-corrected chi connectivity index (χ4v) is 11.9. The van der Waals surface area contributed by atoms with Crippen LogP contribution in [0.5, 0.6) is 5.75 Å². The van der Waals surface area contributed by atoms with Crippen LogP contribution in [-0.2, 0) is 14.3 Å². The molecule has 246 valence electrons. The van der Waals surface area contributed by atoms with Crippen LogP contribution in [0.4, 0.5) is 0 Å². The van der Waals surface area contributed by atoms with Crippen molar-refractivity contribution in [2.45, 2.75) is 118 Å². The smallest absolute Gasteiger partial charge is 0.331 e. The summed E-state index contributed by atoms with van der Waals surface area (Å²) in [7, 11) is 0. The summed E-state index contributed by atoms with van der Waals surface area (Å²) in [5.41, 5.74) is 0.247. The van der Waals surface area contributed by atoms with Gasteiger partial charge in [-0.05, 0) is 122 Å². The standard InChI is InChI=1S/C39H54O6/c1-24-32-27-13-14-29-35(4)18-17-30(45-31(41)15-10-25-8-11-26(40)12-9-25)34(2,3)28(35)16-19-37(29,6)36(27,5)20-22-39(32,33(42)43)23-21-38(24,7)44/h8-13,15,24,28-30,32,40,44H,14,16-23H2,1-7H3,(H,42,43)/t24-,28?,29?,30+,32+,35+,36-,37-,38+,39-/m1/s1. The van der Waals surface area contributed by atoms with Gasteiger partial charge >= 0.3 is 11.9 Å². The molecule has 6 rings (SSSR count). The number of fused-ring (bicyclic) bond motifs is 7. The molecule has 0 amide bonds. The van der Waals surface area contributed by atoms with Crippen molar-refractivity contribution in [1.82, 2.24) is 0 Å². The lowest BCUT2D eigenvalue weighted by Gasteiger charge is -2.71. The van der Waals surface area contributed by atoms with Crippen molar-refractivity contribution in [2.24, 2.45) is 50.7 Å². The third kappa shape index (κ3) is 4.58. The number of allylic oxidation sites excluding steroid dienone is 2. The molecular formula is C39H54O6. The predicted molar refractivity (Wildman–Crippen MR) is 175 cm³/mol. The van der Waals surface area contributed by atoms with Crippen LogP contribution in [0.3, 0.4) is 0 Å². The third-order valence-corrected chi connectivity index (χ3v) is 15.0. The van der Waals surface area contributed by atoms with Crippen molar-refractivity contribution in [3.05, 3.63) is 47.6 Å². The summed E-state index contributed by atoms with van der Waals surface area (Å²) in [6, 6.07) is 6.74. The van der Waals surface area contributed by atoms with Gasteiger partial charge in [0.05, 0.1) is 11.0 Å². The molecule has 0 spiro atoms. The number of phenolic OH excluding ortho intramolecular Hbond substituents is 1. The molecule has 0 bridgehead atoms. The fraction of sp³-hybridized carbons (Fsp3) is 0.692. The van der Waals surface area contributed by atoms with E-state index < -0.39 is 17.0 Å². The van der Waals surface area contributed by atoms with Gasteiger partial charge in [0.15, 0.2) is 0 Å². The fourth-order valence-electron chi connectivity index (χ4n) is 11.9. The van der Waals surface area contributed by atoms with Gasteiger partial charge in [0.2, 0.25) is 0 Å². The number of aliphatic hydroxyl groups is 1. The molecule has 5 aliphatic carbocycles. The minimum atomic E-state index is -0.872. The monoisotopic (exact) mass is 618 g/mol. The summed E-state index contributed by atoms with van der Waals surface area (Å²) < 4.78 is 6.17. The molecule has 10 atom stereocenters. The molecule has 0 aliphatic heterocycles. The summed E-state index contributed by atoms with van der Waals surface area (Å²) in [5, 5.41) is 31.6. The molecule has 5 aliphatic rings. The van der Waals surface area contributed by atoms with E-state index in [4.69, 9.17) is 4.74 Å². The lowest BCUT2D eigenvalue weighted by molar-refractivity contribution is -0.216. The number of carbonyl (C=O) groups excluding carboxylic acids is 1. The summed E-state index contributed by atoms with van der Waals surface area (Å²) >= 11 is 0. The molecule has 45 heavy (non-hydrogen) atoms. The molecular weight excluding hydrogens is 564 g/mol. The van der Waals surface area contributed by atoms with E-state index in [-0.39, 0.29) is 51.3 Å². The summed E-state index contributed by atoms with van der Waals surface area (Å²) in [5.74, 6) is -0.255. The van der Waals surface area contributed by atoms with E-state index in [1.54, 1.807) is 30.3 Å². The molecule has 3 N–H and O–H groups in total. The number of carboxylic acid groups (broad SMARTS) is 1. The average Bonchev–Trinajstić information content (AvgIpc) is 2.96. The highest BCUT2D eigenvalue weighted by Gasteiger charge is 2.70. The average molecular weight is 619 g/mol. The zero-order chi connectivity index (χ0) is 32.8. The van der Waals surface area contributed by atoms with Crippen molar-refractivity contribution >= 4 is 18.0 Å². The van der Waals surface area contributed by atoms with Crippen LogP contribution in [0.15, 0.2) is 42.0 Å². The van der Waals surface area contributed by atoms with E-state index in [2.05, 4.69) is 47.6 Å². The molecule has 6 heteroatoms. The second kappa shape index (κ2) is 10.5. The van der Waals surface area contributed by atoms with Crippen molar-refractivity contribution in [3.8, 4) is 5.75 Å². The Morgan fingerprint density at radius 3 is 2.22 bits per heavy atom. The van der Waals surface area contributed by atoms with Gasteiger partial charge in [-0.1, -0.05) is 65.3 Å². The number of esters is 1. The van der Waals surface area contributed by atoms with E-state index in [9.17, 15) is 24.9 Å². The molecule has 0 aromatic heterocycles. The Morgan fingerprint density at radius 2 is 1.56 bits per heavy atom. The minimum Gasteiger partial charge on any atom is -0.508 e. The SMILES string of the molecule is C[C@@H]1[C@H]2C3=CCC4[C@@]5(C)CC[C@H](OC(=O)C=Cc6ccc(O)cc6)C(C)(C)C5CC[C@@]4(C)[C@]3(C)CC[C@@]2(C(=O)O)CC[C@]1(C)O. The Kier molecular flexibility index (Phi) is 7.51. The number of aliphatic carboxylic acids is 1. The highest BCUT2D eigenvalue weighted by atomic mass is 16.5.